The fraction of sp³-hybridized carbons (Fsp3) is 0.308. The van der Waals surface area contributed by atoms with E-state index in [-0.39, 0.29) is 11.9 Å². The lowest BCUT2D eigenvalue weighted by Crippen LogP contribution is -2.40. The molecule has 2 aliphatic rings. The fourth-order valence-electron chi connectivity index (χ4n) is 5.21. The minimum atomic E-state index is -0.333. The number of morpholine rings is 1. The van der Waals surface area contributed by atoms with Crippen molar-refractivity contribution in [2.75, 3.05) is 32.8 Å². The summed E-state index contributed by atoms with van der Waals surface area (Å²) in [6.45, 7) is 4.83. The van der Waals surface area contributed by atoms with Gasteiger partial charge in [-0.25, -0.2) is 14.5 Å². The van der Waals surface area contributed by atoms with Crippen LogP contribution in [0.3, 0.4) is 0 Å². The van der Waals surface area contributed by atoms with Gasteiger partial charge in [-0.15, -0.1) is 11.3 Å². The van der Waals surface area contributed by atoms with Gasteiger partial charge in [-0.1, -0.05) is 18.2 Å². The Labute approximate surface area is 211 Å². The molecule has 4 aromatic heterocycles. The molecule has 36 heavy (non-hydrogen) atoms. The maximum Gasteiger partial charge on any atom is 0.258 e. The molecule has 1 amide bonds. The summed E-state index contributed by atoms with van der Waals surface area (Å²) in [7, 11) is 0. The van der Waals surface area contributed by atoms with E-state index in [1.165, 1.54) is 0 Å². The molecule has 6 heterocycles. The standard InChI is InChI=1S/C26H25N7O2S/c34-26(18-13-29-33-15-17(5-6-21(18)33)14-31-9-11-35-12-10-31)32-8-7-20-23(28-16-27-20)24(32)25-30-19-3-1-2-4-22(19)36-25/h1-6,13,15-16,24H,7-12,14H2,(H,27,28)/t24-/m0/s1. The molecule has 2 aliphatic heterocycles. The summed E-state index contributed by atoms with van der Waals surface area (Å²) in [6, 6.07) is 11.8. The molecular formula is C26H25N7O2S. The summed E-state index contributed by atoms with van der Waals surface area (Å²) in [5.41, 5.74) is 5.45. The molecular weight excluding hydrogens is 474 g/mol. The Hall–Kier alpha value is -3.60. The molecule has 1 N–H and O–H groups in total. The number of amides is 1. The number of carbonyl (C=O) groups excluding carboxylic acids is 1. The summed E-state index contributed by atoms with van der Waals surface area (Å²) >= 11 is 1.62. The van der Waals surface area contributed by atoms with Crippen molar-refractivity contribution < 1.29 is 9.53 Å². The number of aromatic nitrogens is 5. The first kappa shape index (κ1) is 21.7. The van der Waals surface area contributed by atoms with Gasteiger partial charge in [0.1, 0.15) is 11.0 Å². The number of imidazole rings is 1. The molecule has 0 saturated carbocycles. The highest BCUT2D eigenvalue weighted by atomic mass is 32.1. The molecule has 1 fully saturated rings. The number of H-pyrrole nitrogens is 1. The number of pyridine rings is 1. The van der Waals surface area contributed by atoms with Crippen LogP contribution in [0.5, 0.6) is 0 Å². The van der Waals surface area contributed by atoms with Crippen LogP contribution in [0.15, 0.2) is 55.1 Å². The lowest BCUT2D eigenvalue weighted by Gasteiger charge is -2.33. The summed E-state index contributed by atoms with van der Waals surface area (Å²) in [4.78, 5) is 31.0. The van der Waals surface area contributed by atoms with Crippen molar-refractivity contribution in [1.82, 2.24) is 34.4 Å². The lowest BCUT2D eigenvalue weighted by atomic mass is 10.0. The van der Waals surface area contributed by atoms with Crippen molar-refractivity contribution in [2.45, 2.75) is 19.0 Å². The van der Waals surface area contributed by atoms with Crippen molar-refractivity contribution in [3.63, 3.8) is 0 Å². The first-order chi connectivity index (χ1) is 17.7. The van der Waals surface area contributed by atoms with Crippen LogP contribution in [0.2, 0.25) is 0 Å². The number of benzene rings is 1. The number of nitrogens with zero attached hydrogens (tertiary/aromatic N) is 6. The maximum absolute atomic E-state index is 14.0. The van der Waals surface area contributed by atoms with Gasteiger partial charge in [0.25, 0.3) is 5.91 Å². The predicted molar refractivity (Wildman–Crippen MR) is 136 cm³/mol. The molecule has 9 nitrogen and oxygen atoms in total. The van der Waals surface area contributed by atoms with Gasteiger partial charge in [0, 0.05) is 44.5 Å². The Morgan fingerprint density at radius 1 is 1.14 bits per heavy atom. The number of carbonyl (C=O) groups is 1. The number of nitrogens with one attached hydrogen (secondary N) is 1. The minimum absolute atomic E-state index is 0.0520. The molecule has 0 bridgehead atoms. The maximum atomic E-state index is 14.0. The van der Waals surface area contributed by atoms with Crippen molar-refractivity contribution >= 4 is 33.0 Å². The summed E-state index contributed by atoms with van der Waals surface area (Å²) < 4.78 is 8.38. The normalized spacial score (nSPS) is 18.7. The largest absolute Gasteiger partial charge is 0.379 e. The van der Waals surface area contributed by atoms with Gasteiger partial charge in [0.15, 0.2) is 0 Å². The van der Waals surface area contributed by atoms with Crippen LogP contribution in [-0.4, -0.2) is 73.1 Å². The third kappa shape index (κ3) is 3.69. The molecule has 7 rings (SSSR count). The highest BCUT2D eigenvalue weighted by Crippen LogP contribution is 2.38. The van der Waals surface area contributed by atoms with E-state index in [1.807, 2.05) is 39.9 Å². The van der Waals surface area contributed by atoms with Crippen LogP contribution in [0, 0.1) is 0 Å². The molecule has 0 radical (unpaired) electrons. The molecule has 1 saturated heterocycles. The highest BCUT2D eigenvalue weighted by molar-refractivity contribution is 7.18. The molecule has 1 aromatic carbocycles. The monoisotopic (exact) mass is 499 g/mol. The summed E-state index contributed by atoms with van der Waals surface area (Å²) in [5.74, 6) is -0.0520. The van der Waals surface area contributed by atoms with Gasteiger partial charge in [-0.3, -0.25) is 9.69 Å². The zero-order valence-electron chi connectivity index (χ0n) is 19.6. The van der Waals surface area contributed by atoms with Crippen LogP contribution in [0.1, 0.15) is 38.4 Å². The van der Waals surface area contributed by atoms with Crippen molar-refractivity contribution in [3.8, 4) is 0 Å². The molecule has 182 valence electrons. The number of ether oxygens (including phenoxy) is 1. The van der Waals surface area contributed by atoms with Crippen LogP contribution in [0.4, 0.5) is 0 Å². The van der Waals surface area contributed by atoms with E-state index in [9.17, 15) is 4.79 Å². The smallest absolute Gasteiger partial charge is 0.258 e. The van der Waals surface area contributed by atoms with Gasteiger partial charge >= 0.3 is 0 Å². The number of thiazole rings is 1. The topological polar surface area (TPSA) is 91.7 Å². The zero-order chi connectivity index (χ0) is 24.1. The second kappa shape index (κ2) is 8.81. The van der Waals surface area contributed by atoms with Crippen LogP contribution in [-0.2, 0) is 17.7 Å². The molecule has 5 aromatic rings. The summed E-state index contributed by atoms with van der Waals surface area (Å²) in [6.07, 6.45) is 6.15. The van der Waals surface area contributed by atoms with E-state index in [0.29, 0.717) is 12.1 Å². The van der Waals surface area contributed by atoms with Crippen LogP contribution in [0.25, 0.3) is 15.7 Å². The van der Waals surface area contributed by atoms with Crippen LogP contribution >= 0.6 is 11.3 Å². The number of aromatic amines is 1. The average Bonchev–Trinajstić information content (AvgIpc) is 3.66. The van der Waals surface area contributed by atoms with Gasteiger partial charge in [0.05, 0.1) is 52.7 Å². The first-order valence-corrected chi connectivity index (χ1v) is 13.0. The van der Waals surface area contributed by atoms with E-state index in [2.05, 4.69) is 32.1 Å². The van der Waals surface area contributed by atoms with E-state index >= 15 is 0 Å². The fourth-order valence-corrected chi connectivity index (χ4v) is 6.29. The van der Waals surface area contributed by atoms with E-state index < -0.39 is 0 Å². The summed E-state index contributed by atoms with van der Waals surface area (Å²) in [5, 5.41) is 5.42. The molecule has 1 atom stereocenters. The average molecular weight is 500 g/mol. The van der Waals surface area contributed by atoms with Gasteiger partial charge < -0.3 is 14.6 Å². The van der Waals surface area contributed by atoms with Gasteiger partial charge in [0.2, 0.25) is 0 Å². The second-order valence-corrected chi connectivity index (χ2v) is 10.3. The van der Waals surface area contributed by atoms with Crippen LogP contribution < -0.4 is 0 Å². The van der Waals surface area contributed by atoms with E-state index in [0.717, 1.165) is 77.0 Å². The Morgan fingerprint density at radius 2 is 2.03 bits per heavy atom. The zero-order valence-corrected chi connectivity index (χ0v) is 20.4. The molecule has 0 spiro atoms. The minimum Gasteiger partial charge on any atom is -0.379 e. The van der Waals surface area contributed by atoms with E-state index in [4.69, 9.17) is 9.72 Å². The number of para-hydroxylation sites is 1. The third-order valence-corrected chi connectivity index (χ3v) is 8.14. The second-order valence-electron chi connectivity index (χ2n) is 9.25. The highest BCUT2D eigenvalue weighted by Gasteiger charge is 2.37. The molecule has 0 unspecified atom stereocenters. The first-order valence-electron chi connectivity index (χ1n) is 12.2. The SMILES string of the molecule is O=C(c1cnn2cc(CN3CCOCC3)ccc12)N1CCc2[nH]cnc2[C@H]1c1nc2ccccc2s1. The molecule has 0 aliphatic carbocycles. The van der Waals surface area contributed by atoms with Gasteiger partial charge in [-0.2, -0.15) is 5.10 Å². The Balaban J connectivity index is 1.23. The predicted octanol–water partition coefficient (Wildman–Crippen LogP) is 3.29. The van der Waals surface area contributed by atoms with Crippen molar-refractivity contribution in [3.05, 3.63) is 82.6 Å². The Morgan fingerprint density at radius 3 is 2.92 bits per heavy atom. The van der Waals surface area contributed by atoms with E-state index in [1.54, 1.807) is 23.9 Å². The Bertz CT molecular complexity index is 1530. The van der Waals surface area contributed by atoms with Gasteiger partial charge in [-0.05, 0) is 23.8 Å². The number of hydrogen-bond donors (Lipinski definition) is 1. The Kier molecular flexibility index (Phi) is 5.30. The number of hydrogen-bond acceptors (Lipinski definition) is 7. The molecule has 10 heteroatoms. The quantitative estimate of drug-likeness (QED) is 0.408. The number of fused-ring (bicyclic) bond motifs is 3. The lowest BCUT2D eigenvalue weighted by molar-refractivity contribution is 0.0341. The van der Waals surface area contributed by atoms with Crippen molar-refractivity contribution in [1.29, 1.82) is 0 Å². The van der Waals surface area contributed by atoms with Crippen molar-refractivity contribution in [2.24, 2.45) is 0 Å². The third-order valence-electron chi connectivity index (χ3n) is 7.05. The number of rotatable bonds is 4.